The summed E-state index contributed by atoms with van der Waals surface area (Å²) in [4.78, 5) is 39.5. The van der Waals surface area contributed by atoms with E-state index < -0.39 is 6.09 Å². The van der Waals surface area contributed by atoms with Gasteiger partial charge in [0.1, 0.15) is 17.2 Å². The van der Waals surface area contributed by atoms with E-state index in [1.54, 1.807) is 50.4 Å². The largest absolute Gasteiger partial charge is 0.497 e. The van der Waals surface area contributed by atoms with E-state index in [9.17, 15) is 14.4 Å². The summed E-state index contributed by atoms with van der Waals surface area (Å²) in [7, 11) is 4.83. The molecule has 4 rings (SSSR count). The first-order valence-electron chi connectivity index (χ1n) is 9.47. The number of nitrogens with zero attached hydrogens (tertiary/aromatic N) is 4. The maximum absolute atomic E-state index is 13.1. The Kier molecular flexibility index (Phi) is 5.06. The van der Waals surface area contributed by atoms with Gasteiger partial charge in [0.15, 0.2) is 6.61 Å². The Bertz CT molecular complexity index is 1000. The molecule has 158 valence electrons. The van der Waals surface area contributed by atoms with Crippen LogP contribution >= 0.6 is 0 Å². The monoisotopic (exact) mass is 414 g/mol. The molecule has 0 bridgehead atoms. The molecule has 0 radical (unpaired) electrons. The Morgan fingerprint density at radius 2 is 2.00 bits per heavy atom. The molecule has 30 heavy (non-hydrogen) atoms. The molecule has 3 heterocycles. The van der Waals surface area contributed by atoms with E-state index in [1.165, 1.54) is 4.68 Å². The third kappa shape index (κ3) is 3.34. The van der Waals surface area contributed by atoms with Crippen LogP contribution in [0.1, 0.15) is 16.9 Å². The van der Waals surface area contributed by atoms with Crippen LogP contribution in [0, 0.1) is 0 Å². The summed E-state index contributed by atoms with van der Waals surface area (Å²) in [5, 5.41) is 4.47. The first kappa shape index (κ1) is 19.7. The van der Waals surface area contributed by atoms with Gasteiger partial charge in [-0.2, -0.15) is 5.10 Å². The predicted octanol–water partition coefficient (Wildman–Crippen LogP) is 1.30. The molecular weight excluding hydrogens is 392 g/mol. The second-order valence-electron chi connectivity index (χ2n) is 7.12. The van der Waals surface area contributed by atoms with Gasteiger partial charge in [-0.1, -0.05) is 0 Å². The minimum atomic E-state index is -0.646. The average molecular weight is 414 g/mol. The number of carbonyl (C=O) groups excluding carboxylic acids is 3. The Morgan fingerprint density at radius 1 is 1.20 bits per heavy atom. The lowest BCUT2D eigenvalue weighted by molar-refractivity contribution is -0.127. The molecule has 1 atom stereocenters. The van der Waals surface area contributed by atoms with Crippen LogP contribution in [0.2, 0.25) is 0 Å². The van der Waals surface area contributed by atoms with Crippen molar-refractivity contribution in [2.24, 2.45) is 7.05 Å². The smallest absolute Gasteiger partial charge is 0.417 e. The van der Waals surface area contributed by atoms with Crippen molar-refractivity contribution in [3.05, 3.63) is 30.0 Å². The molecule has 2 aliphatic rings. The van der Waals surface area contributed by atoms with Gasteiger partial charge in [-0.15, -0.1) is 0 Å². The van der Waals surface area contributed by atoms with E-state index in [4.69, 9.17) is 14.2 Å². The van der Waals surface area contributed by atoms with Crippen LogP contribution in [-0.4, -0.2) is 77.4 Å². The maximum atomic E-state index is 13.1. The van der Waals surface area contributed by atoms with Gasteiger partial charge in [0, 0.05) is 25.7 Å². The van der Waals surface area contributed by atoms with Crippen molar-refractivity contribution in [2.75, 3.05) is 33.9 Å². The Hall–Kier alpha value is -3.56. The maximum Gasteiger partial charge on any atom is 0.417 e. The van der Waals surface area contributed by atoms with Crippen LogP contribution in [0.15, 0.2) is 24.3 Å². The second kappa shape index (κ2) is 7.69. The molecule has 1 aromatic heterocycles. The van der Waals surface area contributed by atoms with Gasteiger partial charge in [0.25, 0.3) is 11.8 Å². The first-order valence-corrected chi connectivity index (χ1v) is 9.47. The number of hydrogen-bond acceptors (Lipinski definition) is 7. The standard InChI is InChI=1S/C20H22N4O6/c1-22-16(9-15(21-22)14-8-13(28-2)4-5-17(14)29-3)19(26)23-7-6-12(10-23)24-18(25)11-30-20(24)27/h4-5,8-9,12H,6-7,10-11H2,1-3H3/t12-/m0/s1. The van der Waals surface area contributed by atoms with Crippen molar-refractivity contribution in [1.29, 1.82) is 0 Å². The van der Waals surface area contributed by atoms with E-state index in [1.807, 2.05) is 0 Å². The molecule has 2 saturated heterocycles. The number of carbonyl (C=O) groups is 3. The van der Waals surface area contributed by atoms with Crippen LogP contribution in [-0.2, 0) is 16.6 Å². The van der Waals surface area contributed by atoms with Crippen molar-refractivity contribution in [2.45, 2.75) is 12.5 Å². The van der Waals surface area contributed by atoms with E-state index >= 15 is 0 Å². The van der Waals surface area contributed by atoms with Gasteiger partial charge >= 0.3 is 6.09 Å². The molecule has 0 aliphatic carbocycles. The molecule has 0 N–H and O–H groups in total. The van der Waals surface area contributed by atoms with Gasteiger partial charge in [0.2, 0.25) is 0 Å². The number of rotatable bonds is 5. The average Bonchev–Trinajstić information content (AvgIpc) is 3.46. The zero-order valence-electron chi connectivity index (χ0n) is 17.0. The summed E-state index contributed by atoms with van der Waals surface area (Å²) < 4.78 is 17.0. The van der Waals surface area contributed by atoms with Crippen molar-refractivity contribution in [3.8, 4) is 22.8 Å². The van der Waals surface area contributed by atoms with Crippen molar-refractivity contribution >= 4 is 17.9 Å². The number of ether oxygens (including phenoxy) is 3. The summed E-state index contributed by atoms with van der Waals surface area (Å²) in [6.45, 7) is 0.461. The first-order chi connectivity index (χ1) is 14.4. The molecule has 0 saturated carbocycles. The summed E-state index contributed by atoms with van der Waals surface area (Å²) in [6, 6.07) is 6.69. The zero-order chi connectivity index (χ0) is 21.4. The summed E-state index contributed by atoms with van der Waals surface area (Å²) in [6.07, 6.45) is -0.131. The number of likely N-dealkylation sites (tertiary alicyclic amines) is 1. The van der Waals surface area contributed by atoms with Crippen LogP contribution in [0.3, 0.4) is 0 Å². The molecule has 2 aromatic rings. The highest BCUT2D eigenvalue weighted by Gasteiger charge is 2.41. The topological polar surface area (TPSA) is 103 Å². The normalized spacial score (nSPS) is 18.7. The van der Waals surface area contributed by atoms with Crippen LogP contribution < -0.4 is 9.47 Å². The number of imide groups is 1. The second-order valence-corrected chi connectivity index (χ2v) is 7.12. The van der Waals surface area contributed by atoms with Crippen LogP contribution in [0.25, 0.3) is 11.3 Å². The quantitative estimate of drug-likeness (QED) is 0.726. The van der Waals surface area contributed by atoms with E-state index in [2.05, 4.69) is 5.10 Å². The SMILES string of the molecule is COc1ccc(OC)c(-c2cc(C(=O)N3CC[C@H](N4C(=O)COC4=O)C3)n(C)n2)c1. The molecule has 2 fully saturated rings. The third-order valence-corrected chi connectivity index (χ3v) is 5.38. The Morgan fingerprint density at radius 3 is 2.67 bits per heavy atom. The number of amides is 3. The van der Waals surface area contributed by atoms with Gasteiger partial charge in [-0.25, -0.2) is 9.69 Å². The minimum absolute atomic E-state index is 0.222. The highest BCUT2D eigenvalue weighted by Crippen LogP contribution is 2.33. The molecule has 0 unspecified atom stereocenters. The van der Waals surface area contributed by atoms with E-state index in [0.29, 0.717) is 41.4 Å². The fraction of sp³-hybridized carbons (Fsp3) is 0.400. The molecule has 0 spiro atoms. The van der Waals surface area contributed by atoms with Crippen molar-refractivity contribution < 1.29 is 28.6 Å². The molecule has 1 aromatic carbocycles. The lowest BCUT2D eigenvalue weighted by atomic mass is 10.1. The summed E-state index contributed by atoms with van der Waals surface area (Å²) in [5.41, 5.74) is 1.67. The lowest BCUT2D eigenvalue weighted by Gasteiger charge is -2.20. The van der Waals surface area contributed by atoms with E-state index in [-0.39, 0.29) is 31.0 Å². The van der Waals surface area contributed by atoms with Crippen molar-refractivity contribution in [3.63, 3.8) is 0 Å². The summed E-state index contributed by atoms with van der Waals surface area (Å²) in [5.74, 6) is 0.668. The van der Waals surface area contributed by atoms with Gasteiger partial charge < -0.3 is 19.1 Å². The molecule has 10 nitrogen and oxygen atoms in total. The molecular formula is C20H22N4O6. The van der Waals surface area contributed by atoms with Gasteiger partial charge in [-0.05, 0) is 30.7 Å². The van der Waals surface area contributed by atoms with E-state index in [0.717, 1.165) is 4.90 Å². The Balaban J connectivity index is 1.56. The number of benzene rings is 1. The lowest BCUT2D eigenvalue weighted by Crippen LogP contribution is -2.42. The third-order valence-electron chi connectivity index (χ3n) is 5.38. The Labute approximate surface area is 172 Å². The number of aromatic nitrogens is 2. The predicted molar refractivity (Wildman–Crippen MR) is 104 cm³/mol. The zero-order valence-corrected chi connectivity index (χ0v) is 17.0. The summed E-state index contributed by atoms with van der Waals surface area (Å²) >= 11 is 0. The number of aryl methyl sites for hydroxylation is 1. The van der Waals surface area contributed by atoms with Crippen molar-refractivity contribution in [1.82, 2.24) is 19.6 Å². The number of methoxy groups -OCH3 is 2. The fourth-order valence-corrected chi connectivity index (χ4v) is 3.83. The van der Waals surface area contributed by atoms with Crippen LogP contribution in [0.5, 0.6) is 11.5 Å². The minimum Gasteiger partial charge on any atom is -0.497 e. The molecule has 10 heteroatoms. The molecule has 3 amide bonds. The highest BCUT2D eigenvalue weighted by molar-refractivity contribution is 5.98. The molecule has 2 aliphatic heterocycles. The van der Waals surface area contributed by atoms with Gasteiger partial charge in [0.05, 0.1) is 26.0 Å². The number of cyclic esters (lactones) is 1. The van der Waals surface area contributed by atoms with Gasteiger partial charge in [-0.3, -0.25) is 14.3 Å². The highest BCUT2D eigenvalue weighted by atomic mass is 16.6. The number of hydrogen-bond donors (Lipinski definition) is 0. The fourth-order valence-electron chi connectivity index (χ4n) is 3.83. The van der Waals surface area contributed by atoms with Crippen LogP contribution in [0.4, 0.5) is 4.79 Å².